The van der Waals surface area contributed by atoms with E-state index in [2.05, 4.69) is 5.32 Å². The van der Waals surface area contributed by atoms with Crippen molar-refractivity contribution in [3.05, 3.63) is 76.9 Å². The maximum atomic E-state index is 13.7. The minimum atomic E-state index is -1.40. The molecule has 3 aromatic rings. The van der Waals surface area contributed by atoms with Gasteiger partial charge in [-0.15, -0.1) is 11.3 Å². The number of carboxylic acids is 1. The van der Waals surface area contributed by atoms with Crippen molar-refractivity contribution >= 4 is 28.2 Å². The van der Waals surface area contributed by atoms with Crippen LogP contribution in [0.15, 0.2) is 60.0 Å². The van der Waals surface area contributed by atoms with Crippen LogP contribution in [0, 0.1) is 5.82 Å². The highest BCUT2D eigenvalue weighted by Gasteiger charge is 2.18. The molecule has 0 saturated heterocycles. The summed E-state index contributed by atoms with van der Waals surface area (Å²) in [4.78, 5) is 23.7. The van der Waals surface area contributed by atoms with E-state index in [0.717, 1.165) is 11.3 Å². The van der Waals surface area contributed by atoms with E-state index in [4.69, 9.17) is 0 Å². The van der Waals surface area contributed by atoms with Crippen molar-refractivity contribution in [3.63, 3.8) is 0 Å². The topological polar surface area (TPSA) is 69.2 Å². The maximum absolute atomic E-state index is 13.7. The van der Waals surface area contributed by atoms with Crippen molar-refractivity contribution in [1.82, 2.24) is 0 Å². The van der Waals surface area contributed by atoms with Gasteiger partial charge in [0.15, 0.2) is 0 Å². The van der Waals surface area contributed by atoms with Crippen molar-refractivity contribution in [1.29, 1.82) is 0 Å². The van der Waals surface area contributed by atoms with Crippen LogP contribution in [0.3, 0.4) is 0 Å². The molecule has 1 heterocycles. The number of amides is 1. The van der Waals surface area contributed by atoms with Crippen LogP contribution in [0.1, 0.15) is 20.7 Å². The van der Waals surface area contributed by atoms with Gasteiger partial charge in [0.25, 0.3) is 5.91 Å². The summed E-state index contributed by atoms with van der Waals surface area (Å²) < 4.78 is 13.7. The summed E-state index contributed by atoms with van der Waals surface area (Å²) in [6, 6.07) is 14.4. The predicted molar refractivity (Wildman–Crippen MR) is 88.4 cm³/mol. The minimum Gasteiger partial charge on any atom is -0.545 e. The van der Waals surface area contributed by atoms with Gasteiger partial charge in [-0.05, 0) is 17.7 Å². The van der Waals surface area contributed by atoms with Gasteiger partial charge in [0.1, 0.15) is 10.8 Å². The summed E-state index contributed by atoms with van der Waals surface area (Å²) in [5.74, 6) is -2.79. The second-order valence-corrected chi connectivity index (χ2v) is 5.82. The first kappa shape index (κ1) is 15.9. The number of hydrogen-bond donors (Lipinski definition) is 1. The van der Waals surface area contributed by atoms with Gasteiger partial charge >= 0.3 is 0 Å². The Kier molecular flexibility index (Phi) is 4.39. The zero-order chi connectivity index (χ0) is 17.1. The number of benzene rings is 2. The van der Waals surface area contributed by atoms with Gasteiger partial charge in [-0.2, -0.15) is 0 Å². The maximum Gasteiger partial charge on any atom is 0.259 e. The SMILES string of the molecule is O=C(Nc1scc(-c2ccccc2)c1C(=O)[O-])c1ccccc1F. The van der Waals surface area contributed by atoms with Gasteiger partial charge in [-0.25, -0.2) is 4.39 Å². The molecule has 0 unspecified atom stereocenters. The number of aromatic carboxylic acids is 1. The molecule has 0 aliphatic rings. The number of thiophene rings is 1. The van der Waals surface area contributed by atoms with Crippen LogP contribution < -0.4 is 10.4 Å². The van der Waals surface area contributed by atoms with Gasteiger partial charge in [0.05, 0.1) is 11.5 Å². The van der Waals surface area contributed by atoms with E-state index in [1.165, 1.54) is 24.3 Å². The quantitative estimate of drug-likeness (QED) is 0.793. The lowest BCUT2D eigenvalue weighted by molar-refractivity contribution is -0.254. The predicted octanol–water partition coefficient (Wildman–Crippen LogP) is 3.17. The smallest absolute Gasteiger partial charge is 0.259 e. The Morgan fingerprint density at radius 3 is 2.33 bits per heavy atom. The highest BCUT2D eigenvalue weighted by Crippen LogP contribution is 2.35. The Balaban J connectivity index is 1.98. The Morgan fingerprint density at radius 2 is 1.67 bits per heavy atom. The zero-order valence-electron chi connectivity index (χ0n) is 12.3. The summed E-state index contributed by atoms with van der Waals surface area (Å²) >= 11 is 1.05. The fourth-order valence-corrected chi connectivity index (χ4v) is 3.25. The molecule has 3 rings (SSSR count). The first-order valence-corrected chi connectivity index (χ1v) is 7.90. The number of anilines is 1. The van der Waals surface area contributed by atoms with E-state index < -0.39 is 17.7 Å². The molecule has 0 saturated carbocycles. The second kappa shape index (κ2) is 6.64. The molecular formula is C18H11FNO3S-. The third kappa shape index (κ3) is 3.04. The molecule has 0 aliphatic carbocycles. The molecule has 0 aliphatic heterocycles. The molecule has 0 fully saturated rings. The molecule has 1 aromatic heterocycles. The molecular weight excluding hydrogens is 329 g/mol. The van der Waals surface area contributed by atoms with E-state index >= 15 is 0 Å². The average molecular weight is 340 g/mol. The summed E-state index contributed by atoms with van der Waals surface area (Å²) in [7, 11) is 0. The first-order chi connectivity index (χ1) is 11.6. The summed E-state index contributed by atoms with van der Waals surface area (Å²) in [5, 5.41) is 15.7. The number of hydrogen-bond acceptors (Lipinski definition) is 4. The van der Waals surface area contributed by atoms with Crippen LogP contribution in [0.2, 0.25) is 0 Å². The van der Waals surface area contributed by atoms with E-state index in [9.17, 15) is 19.1 Å². The molecule has 0 radical (unpaired) electrons. The largest absolute Gasteiger partial charge is 0.545 e. The van der Waals surface area contributed by atoms with Crippen molar-refractivity contribution in [2.45, 2.75) is 0 Å². The normalized spacial score (nSPS) is 10.4. The van der Waals surface area contributed by atoms with Gasteiger partial charge in [0.2, 0.25) is 0 Å². The number of carbonyl (C=O) groups is 2. The molecule has 1 N–H and O–H groups in total. The van der Waals surface area contributed by atoms with E-state index in [1.54, 1.807) is 29.6 Å². The lowest BCUT2D eigenvalue weighted by Gasteiger charge is -2.10. The standard InChI is InChI=1S/C18H12FNO3S/c19-14-9-5-4-8-12(14)16(21)20-17-15(18(22)23)13(10-24-17)11-6-2-1-3-7-11/h1-10H,(H,20,21)(H,22,23)/p-1. The minimum absolute atomic E-state index is 0.113. The first-order valence-electron chi connectivity index (χ1n) is 7.02. The van der Waals surface area contributed by atoms with Crippen LogP contribution in [0.4, 0.5) is 9.39 Å². The fraction of sp³-hybridized carbons (Fsp3) is 0. The van der Waals surface area contributed by atoms with Crippen LogP contribution in [-0.4, -0.2) is 11.9 Å². The molecule has 4 nitrogen and oxygen atoms in total. The Hall–Kier alpha value is -2.99. The van der Waals surface area contributed by atoms with E-state index in [0.29, 0.717) is 11.1 Å². The number of rotatable bonds is 4. The van der Waals surface area contributed by atoms with Crippen LogP contribution in [0.5, 0.6) is 0 Å². The van der Waals surface area contributed by atoms with Gasteiger partial charge in [-0.1, -0.05) is 42.5 Å². The van der Waals surface area contributed by atoms with Crippen molar-refractivity contribution in [3.8, 4) is 11.1 Å². The molecule has 6 heteroatoms. The monoisotopic (exact) mass is 340 g/mol. The summed E-state index contributed by atoms with van der Waals surface area (Å²) in [5.41, 5.74) is 0.871. The van der Waals surface area contributed by atoms with Crippen molar-refractivity contribution < 1.29 is 19.1 Å². The molecule has 0 spiro atoms. The van der Waals surface area contributed by atoms with E-state index in [1.807, 2.05) is 6.07 Å². The van der Waals surface area contributed by atoms with E-state index in [-0.39, 0.29) is 16.1 Å². The molecule has 120 valence electrons. The Labute approximate surface area is 141 Å². The fourth-order valence-electron chi connectivity index (χ4n) is 2.30. The summed E-state index contributed by atoms with van der Waals surface area (Å²) in [6.07, 6.45) is 0. The Morgan fingerprint density at radius 1 is 1.00 bits per heavy atom. The third-order valence-electron chi connectivity index (χ3n) is 3.43. The van der Waals surface area contributed by atoms with Crippen molar-refractivity contribution in [2.24, 2.45) is 0 Å². The van der Waals surface area contributed by atoms with Gasteiger partial charge in [0, 0.05) is 16.5 Å². The van der Waals surface area contributed by atoms with Gasteiger partial charge in [-0.3, -0.25) is 4.79 Å². The lowest BCUT2D eigenvalue weighted by atomic mass is 10.0. The molecule has 1 amide bonds. The highest BCUT2D eigenvalue weighted by atomic mass is 32.1. The number of carboxylic acid groups (broad SMARTS) is 1. The van der Waals surface area contributed by atoms with Crippen molar-refractivity contribution in [2.75, 3.05) is 5.32 Å². The highest BCUT2D eigenvalue weighted by molar-refractivity contribution is 7.15. The summed E-state index contributed by atoms with van der Waals surface area (Å²) in [6.45, 7) is 0. The number of nitrogens with one attached hydrogen (secondary N) is 1. The lowest BCUT2D eigenvalue weighted by Crippen LogP contribution is -2.24. The van der Waals surface area contributed by atoms with Crippen LogP contribution >= 0.6 is 11.3 Å². The number of halogens is 1. The van der Waals surface area contributed by atoms with Crippen LogP contribution in [-0.2, 0) is 0 Å². The molecule has 0 bridgehead atoms. The Bertz CT molecular complexity index is 906. The molecule has 2 aromatic carbocycles. The third-order valence-corrected chi connectivity index (χ3v) is 4.32. The van der Waals surface area contributed by atoms with Gasteiger partial charge < -0.3 is 15.2 Å². The van der Waals surface area contributed by atoms with Crippen LogP contribution in [0.25, 0.3) is 11.1 Å². The zero-order valence-corrected chi connectivity index (χ0v) is 13.1. The molecule has 24 heavy (non-hydrogen) atoms. The molecule has 0 atom stereocenters. The second-order valence-electron chi connectivity index (χ2n) is 4.94. The number of carbonyl (C=O) groups excluding carboxylic acids is 2. The average Bonchev–Trinajstić information content (AvgIpc) is 2.99.